The summed E-state index contributed by atoms with van der Waals surface area (Å²) < 4.78 is 13.3. The number of hydrogen-bond acceptors (Lipinski definition) is 6. The molecule has 0 aliphatic carbocycles. The molecular weight excluding hydrogens is 253 g/mol. The molecule has 6 N–H and O–H groups in total. The van der Waals surface area contributed by atoms with Gasteiger partial charge >= 0.3 is 0 Å². The first-order valence-electron chi connectivity index (χ1n) is 5.14. The van der Waals surface area contributed by atoms with Crippen LogP contribution in [0.15, 0.2) is 34.3 Å². The summed E-state index contributed by atoms with van der Waals surface area (Å²) in [7, 11) is 0. The summed E-state index contributed by atoms with van der Waals surface area (Å²) in [6, 6.07) is 6.00. The van der Waals surface area contributed by atoms with Crippen molar-refractivity contribution >= 4 is 23.4 Å². The van der Waals surface area contributed by atoms with E-state index >= 15 is 0 Å². The van der Waals surface area contributed by atoms with Gasteiger partial charge in [0.25, 0.3) is 0 Å². The highest BCUT2D eigenvalue weighted by Gasteiger charge is 2.06. The average molecular weight is 265 g/mol. The smallest absolute Gasteiger partial charge is 0.196 e. The third-order valence-corrected chi connectivity index (χ3v) is 2.96. The lowest BCUT2D eigenvalue weighted by atomic mass is 10.2. The first-order valence-corrected chi connectivity index (χ1v) is 5.96. The molecule has 0 atom stereocenters. The van der Waals surface area contributed by atoms with Gasteiger partial charge in [0.15, 0.2) is 5.16 Å². The fourth-order valence-corrected chi connectivity index (χ4v) is 2.31. The van der Waals surface area contributed by atoms with Gasteiger partial charge in [-0.25, -0.2) is 14.4 Å². The quantitative estimate of drug-likeness (QED) is 0.724. The van der Waals surface area contributed by atoms with E-state index in [9.17, 15) is 4.39 Å². The van der Waals surface area contributed by atoms with Gasteiger partial charge in [0.1, 0.15) is 17.5 Å². The Kier molecular flexibility index (Phi) is 3.63. The minimum atomic E-state index is -0.350. The van der Waals surface area contributed by atoms with Crippen LogP contribution < -0.4 is 17.2 Å². The number of benzene rings is 1. The number of halogens is 1. The van der Waals surface area contributed by atoms with E-state index in [4.69, 9.17) is 17.2 Å². The van der Waals surface area contributed by atoms with E-state index in [2.05, 4.69) is 9.97 Å². The maximum Gasteiger partial charge on any atom is 0.196 e. The van der Waals surface area contributed by atoms with Gasteiger partial charge in [-0.1, -0.05) is 0 Å². The molecule has 0 saturated carbocycles. The maximum absolute atomic E-state index is 13.3. The Balaban J connectivity index is 2.30. The van der Waals surface area contributed by atoms with E-state index in [0.29, 0.717) is 15.6 Å². The molecule has 18 heavy (non-hydrogen) atoms. The number of nitrogen functional groups attached to an aromatic ring is 2. The molecule has 0 aliphatic heterocycles. The minimum Gasteiger partial charge on any atom is -0.383 e. The topological polar surface area (TPSA) is 104 Å². The van der Waals surface area contributed by atoms with Crippen LogP contribution in [0.25, 0.3) is 0 Å². The molecule has 7 heteroatoms. The molecule has 0 aliphatic rings. The Morgan fingerprint density at radius 2 is 1.72 bits per heavy atom. The largest absolute Gasteiger partial charge is 0.383 e. The lowest BCUT2D eigenvalue weighted by molar-refractivity contribution is 0.621. The van der Waals surface area contributed by atoms with Crippen molar-refractivity contribution in [3.05, 3.63) is 35.6 Å². The standard InChI is InChI=1S/C11H12FN5S/c12-7-1-6(5-13)2-8(3-7)18-11-16-9(14)4-10(15)17-11/h1-4H,5,13H2,(H4,14,15,16,17). The van der Waals surface area contributed by atoms with Gasteiger partial charge in [-0.3, -0.25) is 0 Å². The van der Waals surface area contributed by atoms with Gasteiger partial charge in [-0.05, 0) is 35.5 Å². The van der Waals surface area contributed by atoms with E-state index in [1.165, 1.54) is 30.0 Å². The van der Waals surface area contributed by atoms with Crippen molar-refractivity contribution in [1.82, 2.24) is 9.97 Å². The Bertz CT molecular complexity index is 555. The molecule has 0 spiro atoms. The Hall–Kier alpha value is -1.86. The van der Waals surface area contributed by atoms with Crippen LogP contribution in [-0.4, -0.2) is 9.97 Å². The van der Waals surface area contributed by atoms with E-state index in [-0.39, 0.29) is 24.0 Å². The number of anilines is 2. The molecule has 1 heterocycles. The number of nitrogens with two attached hydrogens (primary N) is 3. The molecule has 0 amide bonds. The molecule has 0 bridgehead atoms. The molecule has 0 fully saturated rings. The average Bonchev–Trinajstić information content (AvgIpc) is 2.26. The van der Waals surface area contributed by atoms with E-state index < -0.39 is 0 Å². The highest BCUT2D eigenvalue weighted by atomic mass is 32.2. The lowest BCUT2D eigenvalue weighted by Crippen LogP contribution is -2.00. The van der Waals surface area contributed by atoms with Gasteiger partial charge < -0.3 is 17.2 Å². The molecule has 2 rings (SSSR count). The molecule has 0 unspecified atom stereocenters. The summed E-state index contributed by atoms with van der Waals surface area (Å²) in [6.45, 7) is 0.269. The summed E-state index contributed by atoms with van der Waals surface area (Å²) in [5.74, 6) is 0.207. The van der Waals surface area contributed by atoms with Crippen molar-refractivity contribution in [3.8, 4) is 0 Å². The second kappa shape index (κ2) is 5.19. The maximum atomic E-state index is 13.3. The van der Waals surface area contributed by atoms with Crippen LogP contribution in [0.1, 0.15) is 5.56 Å². The SMILES string of the molecule is NCc1cc(F)cc(Sc2nc(N)cc(N)n2)c1. The Labute approximate surface area is 108 Å². The Morgan fingerprint density at radius 3 is 2.33 bits per heavy atom. The molecular formula is C11H12FN5S. The van der Waals surface area contributed by atoms with Gasteiger partial charge in [-0.2, -0.15) is 0 Å². The summed E-state index contributed by atoms with van der Waals surface area (Å²) in [6.07, 6.45) is 0. The molecule has 2 aromatic rings. The Morgan fingerprint density at radius 1 is 1.06 bits per heavy atom. The first kappa shape index (κ1) is 12.6. The summed E-state index contributed by atoms with van der Waals surface area (Å²) in [5.41, 5.74) is 17.3. The molecule has 5 nitrogen and oxygen atoms in total. The first-order chi connectivity index (χ1) is 8.56. The van der Waals surface area contributed by atoms with Crippen LogP contribution in [0.2, 0.25) is 0 Å². The predicted molar refractivity (Wildman–Crippen MR) is 69.3 cm³/mol. The van der Waals surface area contributed by atoms with Crippen LogP contribution in [0.5, 0.6) is 0 Å². The van der Waals surface area contributed by atoms with Crippen molar-refractivity contribution in [2.24, 2.45) is 5.73 Å². The fourth-order valence-electron chi connectivity index (χ4n) is 1.41. The molecule has 0 saturated heterocycles. The van der Waals surface area contributed by atoms with Crippen LogP contribution in [0.4, 0.5) is 16.0 Å². The van der Waals surface area contributed by atoms with Crippen molar-refractivity contribution in [2.45, 2.75) is 16.6 Å². The van der Waals surface area contributed by atoms with E-state index in [0.717, 1.165) is 0 Å². The zero-order valence-electron chi connectivity index (χ0n) is 9.43. The normalized spacial score (nSPS) is 10.6. The van der Waals surface area contributed by atoms with Crippen molar-refractivity contribution in [3.63, 3.8) is 0 Å². The fraction of sp³-hybridized carbons (Fsp3) is 0.0909. The number of nitrogens with zero attached hydrogens (tertiary/aromatic N) is 2. The predicted octanol–water partition coefficient (Wildman–Crippen LogP) is 1.39. The number of rotatable bonds is 3. The van der Waals surface area contributed by atoms with Crippen molar-refractivity contribution < 1.29 is 4.39 Å². The molecule has 94 valence electrons. The second-order valence-corrected chi connectivity index (χ2v) is 4.64. The lowest BCUT2D eigenvalue weighted by Gasteiger charge is -2.05. The number of aromatic nitrogens is 2. The van der Waals surface area contributed by atoms with Crippen molar-refractivity contribution in [1.29, 1.82) is 0 Å². The zero-order valence-corrected chi connectivity index (χ0v) is 10.2. The third kappa shape index (κ3) is 3.08. The number of hydrogen-bond donors (Lipinski definition) is 3. The molecule has 0 radical (unpaired) electrons. The van der Waals surface area contributed by atoms with Crippen LogP contribution in [0, 0.1) is 5.82 Å². The molecule has 1 aromatic carbocycles. The summed E-state index contributed by atoms with van der Waals surface area (Å²) in [4.78, 5) is 8.67. The monoisotopic (exact) mass is 265 g/mol. The van der Waals surface area contributed by atoms with Gasteiger partial charge in [-0.15, -0.1) is 0 Å². The van der Waals surface area contributed by atoms with Gasteiger partial charge in [0, 0.05) is 17.5 Å². The minimum absolute atomic E-state index is 0.269. The van der Waals surface area contributed by atoms with Crippen LogP contribution in [0.3, 0.4) is 0 Å². The highest BCUT2D eigenvalue weighted by molar-refractivity contribution is 7.99. The second-order valence-electron chi connectivity index (χ2n) is 3.60. The highest BCUT2D eigenvalue weighted by Crippen LogP contribution is 2.27. The van der Waals surface area contributed by atoms with Crippen LogP contribution in [-0.2, 0) is 6.54 Å². The van der Waals surface area contributed by atoms with E-state index in [1.807, 2.05) is 0 Å². The van der Waals surface area contributed by atoms with Gasteiger partial charge in [0.2, 0.25) is 0 Å². The van der Waals surface area contributed by atoms with Crippen LogP contribution >= 0.6 is 11.8 Å². The van der Waals surface area contributed by atoms with E-state index in [1.54, 1.807) is 6.07 Å². The van der Waals surface area contributed by atoms with Gasteiger partial charge in [0.05, 0.1) is 0 Å². The third-order valence-electron chi connectivity index (χ3n) is 2.12. The van der Waals surface area contributed by atoms with Crippen molar-refractivity contribution in [2.75, 3.05) is 11.5 Å². The molecule has 1 aromatic heterocycles. The summed E-state index contributed by atoms with van der Waals surface area (Å²) >= 11 is 1.18. The summed E-state index contributed by atoms with van der Waals surface area (Å²) in [5, 5.41) is 0.376. The zero-order chi connectivity index (χ0) is 13.1.